The lowest BCUT2D eigenvalue weighted by molar-refractivity contribution is 0.102. The first-order chi connectivity index (χ1) is 13.3. The molecule has 0 bridgehead atoms. The molecule has 0 saturated carbocycles. The monoisotopic (exact) mass is 370 g/mol. The summed E-state index contributed by atoms with van der Waals surface area (Å²) in [5.41, 5.74) is 4.35. The lowest BCUT2D eigenvalue weighted by atomic mass is 9.87. The van der Waals surface area contributed by atoms with Crippen molar-refractivity contribution in [2.24, 2.45) is 0 Å². The smallest absolute Gasteiger partial charge is 0.274 e. The average molecular weight is 370 g/mol. The van der Waals surface area contributed by atoms with Crippen LogP contribution in [-0.4, -0.2) is 10.9 Å². The van der Waals surface area contributed by atoms with Gasteiger partial charge in [-0.05, 0) is 53.4 Å². The average Bonchev–Trinajstić information content (AvgIpc) is 2.68. The molecule has 140 valence electrons. The predicted octanol–water partition coefficient (Wildman–Crippen LogP) is 5.25. The van der Waals surface area contributed by atoms with E-state index in [9.17, 15) is 4.79 Å². The van der Waals surface area contributed by atoms with E-state index in [0.717, 1.165) is 17.1 Å². The molecule has 0 aliphatic rings. The third-order valence-corrected chi connectivity index (χ3v) is 4.28. The van der Waals surface area contributed by atoms with Crippen molar-refractivity contribution in [3.63, 3.8) is 0 Å². The van der Waals surface area contributed by atoms with Crippen LogP contribution in [0.2, 0.25) is 0 Å². The van der Waals surface area contributed by atoms with Crippen LogP contribution < -0.4 is 10.6 Å². The largest absolute Gasteiger partial charge is 0.355 e. The molecular formula is C23H22N4O. The van der Waals surface area contributed by atoms with Crippen LogP contribution in [0.5, 0.6) is 0 Å². The molecule has 28 heavy (non-hydrogen) atoms. The van der Waals surface area contributed by atoms with Crippen molar-refractivity contribution < 1.29 is 4.79 Å². The van der Waals surface area contributed by atoms with Crippen LogP contribution in [0.1, 0.15) is 42.4 Å². The summed E-state index contributed by atoms with van der Waals surface area (Å²) in [5.74, 6) is -0.280. The van der Waals surface area contributed by atoms with E-state index < -0.39 is 0 Å². The third kappa shape index (κ3) is 4.74. The number of amides is 1. The number of hydrogen-bond donors (Lipinski definition) is 2. The van der Waals surface area contributed by atoms with E-state index in [4.69, 9.17) is 5.26 Å². The number of benzene rings is 2. The van der Waals surface area contributed by atoms with Crippen LogP contribution in [0.3, 0.4) is 0 Å². The number of nitriles is 1. The summed E-state index contributed by atoms with van der Waals surface area (Å²) in [6.45, 7) is 6.44. The van der Waals surface area contributed by atoms with Crippen LogP contribution in [0.25, 0.3) is 0 Å². The number of anilines is 3. The molecule has 3 aromatic rings. The van der Waals surface area contributed by atoms with Gasteiger partial charge < -0.3 is 10.6 Å². The molecule has 0 fully saturated rings. The summed E-state index contributed by atoms with van der Waals surface area (Å²) in [7, 11) is 0. The van der Waals surface area contributed by atoms with Gasteiger partial charge in [0.15, 0.2) is 0 Å². The van der Waals surface area contributed by atoms with E-state index in [0.29, 0.717) is 11.3 Å². The van der Waals surface area contributed by atoms with Crippen molar-refractivity contribution in [1.29, 1.82) is 5.26 Å². The van der Waals surface area contributed by atoms with E-state index in [1.54, 1.807) is 36.5 Å². The van der Waals surface area contributed by atoms with Crippen LogP contribution >= 0.6 is 0 Å². The van der Waals surface area contributed by atoms with E-state index in [2.05, 4.69) is 42.5 Å². The summed E-state index contributed by atoms with van der Waals surface area (Å²) in [6.07, 6.45) is 1.58. The fourth-order valence-electron chi connectivity index (χ4n) is 2.71. The molecule has 1 heterocycles. The molecule has 1 aromatic heterocycles. The molecule has 0 unspecified atom stereocenters. The molecule has 5 heteroatoms. The number of nitrogens with zero attached hydrogens (tertiary/aromatic N) is 2. The zero-order valence-electron chi connectivity index (χ0n) is 16.2. The second-order valence-electron chi connectivity index (χ2n) is 7.53. The highest BCUT2D eigenvalue weighted by molar-refractivity contribution is 6.03. The molecule has 1 amide bonds. The summed E-state index contributed by atoms with van der Waals surface area (Å²) in [5, 5.41) is 15.1. The van der Waals surface area contributed by atoms with Crippen molar-refractivity contribution in [1.82, 2.24) is 4.98 Å². The molecular weight excluding hydrogens is 348 g/mol. The second-order valence-corrected chi connectivity index (χ2v) is 7.53. The van der Waals surface area contributed by atoms with Crippen molar-refractivity contribution in [2.75, 3.05) is 10.6 Å². The van der Waals surface area contributed by atoms with Crippen LogP contribution in [0, 0.1) is 11.3 Å². The van der Waals surface area contributed by atoms with Gasteiger partial charge in [0, 0.05) is 23.3 Å². The molecule has 2 aromatic carbocycles. The van der Waals surface area contributed by atoms with Gasteiger partial charge in [-0.3, -0.25) is 9.78 Å². The number of hydrogen-bond acceptors (Lipinski definition) is 4. The number of rotatable bonds is 4. The van der Waals surface area contributed by atoms with Crippen molar-refractivity contribution >= 4 is 23.0 Å². The Morgan fingerprint density at radius 2 is 1.68 bits per heavy atom. The number of nitrogens with one attached hydrogen (secondary N) is 2. The highest BCUT2D eigenvalue weighted by atomic mass is 16.1. The van der Waals surface area contributed by atoms with Gasteiger partial charge in [0.2, 0.25) is 0 Å². The fraction of sp³-hybridized carbons (Fsp3) is 0.174. The normalized spacial score (nSPS) is 10.8. The van der Waals surface area contributed by atoms with Crippen LogP contribution in [0.4, 0.5) is 17.1 Å². The van der Waals surface area contributed by atoms with E-state index in [-0.39, 0.29) is 11.3 Å². The minimum Gasteiger partial charge on any atom is -0.355 e. The van der Waals surface area contributed by atoms with Gasteiger partial charge in [-0.25, -0.2) is 0 Å². The Balaban J connectivity index is 1.72. The molecule has 0 aliphatic heterocycles. The summed E-state index contributed by atoms with van der Waals surface area (Å²) >= 11 is 0. The molecule has 3 rings (SSSR count). The second kappa shape index (κ2) is 7.93. The molecule has 0 aliphatic carbocycles. The van der Waals surface area contributed by atoms with Crippen LogP contribution in [-0.2, 0) is 5.41 Å². The van der Waals surface area contributed by atoms with E-state index >= 15 is 0 Å². The van der Waals surface area contributed by atoms with Crippen molar-refractivity contribution in [2.45, 2.75) is 26.2 Å². The van der Waals surface area contributed by atoms with Gasteiger partial charge in [0.05, 0.1) is 11.6 Å². The SMILES string of the molecule is CC(C)(C)c1ccc(NC(=O)c2cc(Nc3cccc(C#N)c3)ccn2)cc1. The Bertz CT molecular complexity index is 1030. The zero-order chi connectivity index (χ0) is 20.1. The quantitative estimate of drug-likeness (QED) is 0.658. The van der Waals surface area contributed by atoms with Gasteiger partial charge in [-0.2, -0.15) is 5.26 Å². The Hall–Kier alpha value is -3.65. The molecule has 0 atom stereocenters. The topological polar surface area (TPSA) is 77.8 Å². The molecule has 2 N–H and O–H groups in total. The number of carbonyl (C=O) groups is 1. The van der Waals surface area contributed by atoms with Gasteiger partial charge in [-0.15, -0.1) is 0 Å². The Morgan fingerprint density at radius 1 is 0.964 bits per heavy atom. The molecule has 5 nitrogen and oxygen atoms in total. The first-order valence-electron chi connectivity index (χ1n) is 9.00. The summed E-state index contributed by atoms with van der Waals surface area (Å²) < 4.78 is 0. The molecule has 0 saturated heterocycles. The Kier molecular flexibility index (Phi) is 5.42. The van der Waals surface area contributed by atoms with Gasteiger partial charge in [0.1, 0.15) is 5.69 Å². The van der Waals surface area contributed by atoms with Gasteiger partial charge in [-0.1, -0.05) is 39.0 Å². The van der Waals surface area contributed by atoms with E-state index in [1.165, 1.54) is 5.56 Å². The molecule has 0 spiro atoms. The van der Waals surface area contributed by atoms with Gasteiger partial charge >= 0.3 is 0 Å². The number of pyridine rings is 1. The maximum atomic E-state index is 12.6. The zero-order valence-corrected chi connectivity index (χ0v) is 16.2. The maximum Gasteiger partial charge on any atom is 0.274 e. The lowest BCUT2D eigenvalue weighted by Crippen LogP contribution is -2.15. The van der Waals surface area contributed by atoms with Crippen LogP contribution in [0.15, 0.2) is 66.9 Å². The first kappa shape index (κ1) is 19.1. The molecule has 0 radical (unpaired) electrons. The fourth-order valence-corrected chi connectivity index (χ4v) is 2.71. The van der Waals surface area contributed by atoms with Crippen molar-refractivity contribution in [3.05, 3.63) is 83.7 Å². The predicted molar refractivity (Wildman–Crippen MR) is 112 cm³/mol. The van der Waals surface area contributed by atoms with Crippen molar-refractivity contribution in [3.8, 4) is 6.07 Å². The summed E-state index contributed by atoms with van der Waals surface area (Å²) in [6, 6.07) is 20.5. The minimum atomic E-state index is -0.280. The Morgan fingerprint density at radius 3 is 2.36 bits per heavy atom. The third-order valence-electron chi connectivity index (χ3n) is 4.28. The minimum absolute atomic E-state index is 0.0624. The van der Waals surface area contributed by atoms with E-state index in [1.807, 2.05) is 30.3 Å². The lowest BCUT2D eigenvalue weighted by Gasteiger charge is -2.19. The first-order valence-corrected chi connectivity index (χ1v) is 9.00. The standard InChI is InChI=1S/C23H22N4O/c1-23(2,3)17-7-9-18(10-8-17)27-22(28)21-14-20(11-12-25-21)26-19-6-4-5-16(13-19)15-24/h4-14H,1-3H3,(H,25,26)(H,27,28). The maximum absolute atomic E-state index is 12.6. The number of aromatic nitrogens is 1. The number of carbonyl (C=O) groups excluding carboxylic acids is 1. The summed E-state index contributed by atoms with van der Waals surface area (Å²) in [4.78, 5) is 16.7. The van der Waals surface area contributed by atoms with Gasteiger partial charge in [0.25, 0.3) is 5.91 Å². The highest BCUT2D eigenvalue weighted by Gasteiger charge is 2.14. The Labute approximate surface area is 165 Å². The highest BCUT2D eigenvalue weighted by Crippen LogP contribution is 2.24.